The smallest absolute Gasteiger partial charge is 0.417 e. The number of alkyl halides is 6. The fourth-order valence-electron chi connectivity index (χ4n) is 3.90. The molecule has 12 heteroatoms. The summed E-state index contributed by atoms with van der Waals surface area (Å²) in [5.41, 5.74) is -3.44. The third kappa shape index (κ3) is 8.82. The summed E-state index contributed by atoms with van der Waals surface area (Å²) in [4.78, 5) is 26.1. The van der Waals surface area contributed by atoms with Crippen molar-refractivity contribution in [2.24, 2.45) is 0 Å². The van der Waals surface area contributed by atoms with Gasteiger partial charge in [-0.3, -0.25) is 9.59 Å². The van der Waals surface area contributed by atoms with Gasteiger partial charge in [0.2, 0.25) is 5.91 Å². The molecule has 4 aromatic rings. The second kappa shape index (κ2) is 13.4. The first-order valence-corrected chi connectivity index (χ1v) is 12.7. The maximum absolute atomic E-state index is 13.7. The summed E-state index contributed by atoms with van der Waals surface area (Å²) >= 11 is 0. The molecule has 0 aliphatic carbocycles. The van der Waals surface area contributed by atoms with E-state index in [4.69, 9.17) is 9.47 Å². The minimum Gasteiger partial charge on any atom is -0.457 e. The van der Waals surface area contributed by atoms with Crippen LogP contribution >= 0.6 is 0 Å². The lowest BCUT2D eigenvalue weighted by Crippen LogP contribution is -2.47. The molecule has 0 aliphatic heterocycles. The van der Waals surface area contributed by atoms with Crippen LogP contribution in [-0.2, 0) is 28.5 Å². The van der Waals surface area contributed by atoms with E-state index in [-0.39, 0.29) is 18.4 Å². The lowest BCUT2D eigenvalue weighted by molar-refractivity contribution is -0.143. The number of anilines is 1. The Labute approximate surface area is 242 Å². The zero-order valence-corrected chi connectivity index (χ0v) is 22.2. The molecule has 0 saturated carbocycles. The molecule has 0 aromatic heterocycles. The first-order valence-electron chi connectivity index (χ1n) is 12.7. The quantitative estimate of drug-likeness (QED) is 0.185. The van der Waals surface area contributed by atoms with E-state index in [1.165, 1.54) is 12.1 Å². The molecule has 1 unspecified atom stereocenters. The molecule has 4 rings (SSSR count). The van der Waals surface area contributed by atoms with E-state index in [9.17, 15) is 35.9 Å². The average Bonchev–Trinajstić information content (AvgIpc) is 2.97. The highest BCUT2D eigenvalue weighted by atomic mass is 19.4. The molecule has 0 saturated heterocycles. The molecule has 224 valence electrons. The topological polar surface area (TPSA) is 76.7 Å². The summed E-state index contributed by atoms with van der Waals surface area (Å²) in [6, 6.07) is 23.0. The monoisotopic (exact) mass is 602 g/mol. The number of amides is 2. The summed E-state index contributed by atoms with van der Waals surface area (Å²) in [5, 5.41) is 4.72. The SMILES string of the molecule is O=C(NC(COCc1ccccc1)C(=O)Nc1ccc(Oc2ccccc2)cc1)c1ccc(C(F)(F)F)cc1C(F)(F)F. The molecule has 4 aromatic carbocycles. The lowest BCUT2D eigenvalue weighted by Gasteiger charge is -2.21. The van der Waals surface area contributed by atoms with Crippen LogP contribution in [-0.4, -0.2) is 24.5 Å². The fourth-order valence-corrected chi connectivity index (χ4v) is 3.90. The maximum Gasteiger partial charge on any atom is 0.417 e. The average molecular weight is 603 g/mol. The van der Waals surface area contributed by atoms with E-state index in [1.54, 1.807) is 66.7 Å². The second-order valence-electron chi connectivity index (χ2n) is 9.21. The number of halogens is 6. The van der Waals surface area contributed by atoms with Crippen LogP contribution in [0, 0.1) is 0 Å². The Morgan fingerprint density at radius 2 is 1.33 bits per heavy atom. The number of hydrogen-bond acceptors (Lipinski definition) is 4. The van der Waals surface area contributed by atoms with E-state index in [2.05, 4.69) is 10.6 Å². The number of nitrogens with one attached hydrogen (secondary N) is 2. The van der Waals surface area contributed by atoms with E-state index < -0.39 is 53.5 Å². The molecule has 0 bridgehead atoms. The van der Waals surface area contributed by atoms with Gasteiger partial charge in [-0.15, -0.1) is 0 Å². The van der Waals surface area contributed by atoms with Crippen LogP contribution in [0.3, 0.4) is 0 Å². The number of para-hydroxylation sites is 1. The summed E-state index contributed by atoms with van der Waals surface area (Å²) in [6.07, 6.45) is -10.3. The summed E-state index contributed by atoms with van der Waals surface area (Å²) in [5.74, 6) is -1.20. The number of carbonyl (C=O) groups is 2. The molecule has 0 aliphatic rings. The Bertz CT molecular complexity index is 1530. The third-order valence-electron chi connectivity index (χ3n) is 6.02. The number of hydrogen-bond donors (Lipinski definition) is 2. The van der Waals surface area contributed by atoms with Crippen molar-refractivity contribution in [3.8, 4) is 11.5 Å². The molecule has 1 atom stereocenters. The lowest BCUT2D eigenvalue weighted by atomic mass is 10.0. The number of rotatable bonds is 10. The molecule has 6 nitrogen and oxygen atoms in total. The first-order chi connectivity index (χ1) is 20.4. The van der Waals surface area contributed by atoms with Crippen molar-refractivity contribution in [2.45, 2.75) is 25.0 Å². The minimum absolute atomic E-state index is 0.0140. The maximum atomic E-state index is 13.7. The Kier molecular flexibility index (Phi) is 9.71. The van der Waals surface area contributed by atoms with Gasteiger partial charge < -0.3 is 20.1 Å². The molecule has 0 radical (unpaired) electrons. The highest BCUT2D eigenvalue weighted by Gasteiger charge is 2.40. The van der Waals surface area contributed by atoms with Crippen molar-refractivity contribution in [3.05, 3.63) is 125 Å². The number of carbonyl (C=O) groups excluding carboxylic acids is 2. The normalized spacial score (nSPS) is 12.3. The van der Waals surface area contributed by atoms with Gasteiger partial charge in [0.05, 0.1) is 29.9 Å². The van der Waals surface area contributed by atoms with Gasteiger partial charge in [0, 0.05) is 5.69 Å². The Morgan fingerprint density at radius 1 is 0.721 bits per heavy atom. The van der Waals surface area contributed by atoms with Crippen LogP contribution < -0.4 is 15.4 Å². The largest absolute Gasteiger partial charge is 0.457 e. The standard InChI is InChI=1S/C31H24F6N2O4/c32-30(33,34)21-11-16-25(26(17-21)31(35,36)37)28(40)39-27(19-42-18-20-7-3-1-4-8-20)29(41)38-22-12-14-24(15-13-22)43-23-9-5-2-6-10-23/h1-17,27H,18-19H2,(H,38,41)(H,39,40). The summed E-state index contributed by atoms with van der Waals surface area (Å²) < 4.78 is 91.5. The Hall–Kier alpha value is -4.84. The minimum atomic E-state index is -5.28. The van der Waals surface area contributed by atoms with E-state index >= 15 is 0 Å². The van der Waals surface area contributed by atoms with Crippen LogP contribution in [0.15, 0.2) is 103 Å². The van der Waals surface area contributed by atoms with Gasteiger partial charge in [-0.05, 0) is 60.2 Å². The Balaban J connectivity index is 1.52. The van der Waals surface area contributed by atoms with E-state index in [1.807, 2.05) is 6.07 Å². The molecular formula is C31H24F6N2O4. The van der Waals surface area contributed by atoms with Crippen molar-refractivity contribution in [3.63, 3.8) is 0 Å². The second-order valence-corrected chi connectivity index (χ2v) is 9.21. The van der Waals surface area contributed by atoms with Crippen LogP contribution in [0.1, 0.15) is 27.0 Å². The van der Waals surface area contributed by atoms with Crippen LogP contribution in [0.5, 0.6) is 11.5 Å². The number of benzene rings is 4. The molecule has 2 N–H and O–H groups in total. The van der Waals surface area contributed by atoms with Gasteiger partial charge in [-0.1, -0.05) is 48.5 Å². The molecule has 0 heterocycles. The van der Waals surface area contributed by atoms with Gasteiger partial charge >= 0.3 is 12.4 Å². The van der Waals surface area contributed by atoms with Gasteiger partial charge in [0.15, 0.2) is 0 Å². The van der Waals surface area contributed by atoms with Gasteiger partial charge in [0.25, 0.3) is 5.91 Å². The third-order valence-corrected chi connectivity index (χ3v) is 6.02. The molecular weight excluding hydrogens is 578 g/mol. The van der Waals surface area contributed by atoms with Crippen molar-refractivity contribution >= 4 is 17.5 Å². The van der Waals surface area contributed by atoms with Crippen LogP contribution in [0.4, 0.5) is 32.0 Å². The predicted molar refractivity (Wildman–Crippen MR) is 145 cm³/mol. The zero-order chi connectivity index (χ0) is 31.0. The van der Waals surface area contributed by atoms with E-state index in [0.717, 1.165) is 5.56 Å². The van der Waals surface area contributed by atoms with Gasteiger partial charge in [-0.25, -0.2) is 0 Å². The van der Waals surface area contributed by atoms with Crippen molar-refractivity contribution < 1.29 is 45.4 Å². The van der Waals surface area contributed by atoms with Crippen molar-refractivity contribution in [2.75, 3.05) is 11.9 Å². The van der Waals surface area contributed by atoms with Gasteiger partial charge in [-0.2, -0.15) is 26.3 Å². The van der Waals surface area contributed by atoms with Crippen molar-refractivity contribution in [1.82, 2.24) is 5.32 Å². The highest BCUT2D eigenvalue weighted by molar-refractivity contribution is 6.02. The van der Waals surface area contributed by atoms with Crippen molar-refractivity contribution in [1.29, 1.82) is 0 Å². The van der Waals surface area contributed by atoms with Gasteiger partial charge in [0.1, 0.15) is 17.5 Å². The first kappa shape index (κ1) is 31.1. The van der Waals surface area contributed by atoms with Crippen LogP contribution in [0.25, 0.3) is 0 Å². The molecule has 0 spiro atoms. The molecule has 43 heavy (non-hydrogen) atoms. The predicted octanol–water partition coefficient (Wildman–Crippen LogP) is 7.47. The highest BCUT2D eigenvalue weighted by Crippen LogP contribution is 2.37. The van der Waals surface area contributed by atoms with E-state index in [0.29, 0.717) is 23.6 Å². The fraction of sp³-hybridized carbons (Fsp3) is 0.161. The Morgan fingerprint density at radius 3 is 1.93 bits per heavy atom. The van der Waals surface area contributed by atoms with Crippen LogP contribution in [0.2, 0.25) is 0 Å². The summed E-state index contributed by atoms with van der Waals surface area (Å²) in [6.45, 7) is -0.441. The zero-order valence-electron chi connectivity index (χ0n) is 22.2. The summed E-state index contributed by atoms with van der Waals surface area (Å²) in [7, 11) is 0. The molecule has 2 amide bonds. The molecule has 0 fully saturated rings. The number of ether oxygens (including phenoxy) is 2.